The molecule has 1 aliphatic rings. The highest BCUT2D eigenvalue weighted by molar-refractivity contribution is 9.11. The minimum Gasteiger partial charge on any atom is -0.442 e. The second-order valence-corrected chi connectivity index (χ2v) is 5.54. The van der Waals surface area contributed by atoms with Crippen LogP contribution in [-0.4, -0.2) is 11.6 Å². The number of rotatable bonds is 1. The Balaban J connectivity index is 2.12. The zero-order chi connectivity index (χ0) is 13.6. The van der Waals surface area contributed by atoms with E-state index in [0.717, 1.165) is 0 Å². The van der Waals surface area contributed by atoms with Crippen molar-refractivity contribution in [3.8, 4) is 0 Å². The normalized spacial score (nSPS) is 13.9. The van der Waals surface area contributed by atoms with Crippen molar-refractivity contribution in [1.29, 1.82) is 0 Å². The topological polar surface area (TPSA) is 47.3 Å². The van der Waals surface area contributed by atoms with Crippen LogP contribution in [0.3, 0.4) is 0 Å². The molecule has 0 radical (unpaired) electrons. The van der Waals surface area contributed by atoms with Gasteiger partial charge in [-0.3, -0.25) is 9.59 Å². The molecular weight excluding hydrogens is 376 g/mol. The van der Waals surface area contributed by atoms with Gasteiger partial charge in [-0.2, -0.15) is 0 Å². The van der Waals surface area contributed by atoms with E-state index in [1.807, 2.05) is 0 Å². The lowest BCUT2D eigenvalue weighted by Gasteiger charge is -1.92. The molecule has 19 heavy (non-hydrogen) atoms. The summed E-state index contributed by atoms with van der Waals surface area (Å²) in [5, 5.41) is 0. The number of ketones is 2. The Morgan fingerprint density at radius 3 is 2.05 bits per heavy atom. The number of furan rings is 1. The third kappa shape index (κ3) is 2.03. The van der Waals surface area contributed by atoms with E-state index in [-0.39, 0.29) is 17.1 Å². The Bertz CT molecular complexity index is 704. The van der Waals surface area contributed by atoms with Gasteiger partial charge >= 0.3 is 0 Å². The van der Waals surface area contributed by atoms with Gasteiger partial charge in [-0.05, 0) is 44.0 Å². The molecule has 3 rings (SSSR count). The summed E-state index contributed by atoms with van der Waals surface area (Å²) in [6, 6.07) is 8.52. The Hall–Kier alpha value is -1.46. The fraction of sp³-hybridized carbons (Fsp3) is 0. The Kier molecular flexibility index (Phi) is 3.03. The Morgan fingerprint density at radius 1 is 1.00 bits per heavy atom. The molecule has 1 aliphatic carbocycles. The average molecular weight is 382 g/mol. The van der Waals surface area contributed by atoms with Crippen molar-refractivity contribution in [3.05, 3.63) is 61.9 Å². The summed E-state index contributed by atoms with van der Waals surface area (Å²) >= 11 is 6.43. The lowest BCUT2D eigenvalue weighted by molar-refractivity contribution is 0.0990. The number of hydrogen-bond donors (Lipinski definition) is 0. The van der Waals surface area contributed by atoms with E-state index in [4.69, 9.17) is 4.42 Å². The molecule has 0 unspecified atom stereocenters. The van der Waals surface area contributed by atoms with Crippen molar-refractivity contribution in [1.82, 2.24) is 0 Å². The van der Waals surface area contributed by atoms with Crippen LogP contribution in [-0.2, 0) is 0 Å². The van der Waals surface area contributed by atoms with Gasteiger partial charge in [0.15, 0.2) is 20.9 Å². The predicted molar refractivity (Wildman–Crippen MR) is 77.2 cm³/mol. The monoisotopic (exact) mass is 380 g/mol. The molecule has 0 saturated heterocycles. The van der Waals surface area contributed by atoms with E-state index < -0.39 is 0 Å². The van der Waals surface area contributed by atoms with Crippen LogP contribution in [0.2, 0.25) is 0 Å². The molecule has 0 atom stereocenters. The lowest BCUT2D eigenvalue weighted by Crippen LogP contribution is -1.99. The molecule has 1 aromatic carbocycles. The fourth-order valence-corrected chi connectivity index (χ4v) is 3.04. The van der Waals surface area contributed by atoms with Gasteiger partial charge in [-0.15, -0.1) is 0 Å². The summed E-state index contributed by atoms with van der Waals surface area (Å²) in [4.78, 5) is 24.4. The molecule has 94 valence electrons. The first-order valence-corrected chi connectivity index (χ1v) is 7.01. The van der Waals surface area contributed by atoms with Crippen LogP contribution in [0, 0.1) is 0 Å². The maximum atomic E-state index is 12.2. The van der Waals surface area contributed by atoms with Gasteiger partial charge in [0.1, 0.15) is 0 Å². The molecule has 0 N–H and O–H groups in total. The highest BCUT2D eigenvalue weighted by atomic mass is 79.9. The molecule has 0 amide bonds. The Morgan fingerprint density at radius 2 is 1.58 bits per heavy atom. The zero-order valence-corrected chi connectivity index (χ0v) is 12.6. The number of Topliss-reactive ketones (excluding diaryl/α,β-unsaturated/α-hetero) is 2. The van der Waals surface area contributed by atoms with Gasteiger partial charge in [0.25, 0.3) is 0 Å². The number of halogens is 2. The van der Waals surface area contributed by atoms with Crippen LogP contribution >= 0.6 is 31.9 Å². The maximum absolute atomic E-state index is 12.2. The zero-order valence-electron chi connectivity index (χ0n) is 9.44. The lowest BCUT2D eigenvalue weighted by atomic mass is 10.1. The van der Waals surface area contributed by atoms with Crippen LogP contribution in [0.5, 0.6) is 0 Å². The van der Waals surface area contributed by atoms with Crippen molar-refractivity contribution in [3.63, 3.8) is 0 Å². The molecular formula is C14H6Br2O3. The average Bonchev–Trinajstić information content (AvgIpc) is 2.83. The quantitative estimate of drug-likeness (QED) is 0.547. The van der Waals surface area contributed by atoms with Gasteiger partial charge < -0.3 is 4.42 Å². The van der Waals surface area contributed by atoms with Gasteiger partial charge in [0.05, 0.1) is 5.57 Å². The van der Waals surface area contributed by atoms with Crippen molar-refractivity contribution >= 4 is 49.5 Å². The first kappa shape index (κ1) is 12.6. The van der Waals surface area contributed by atoms with Gasteiger partial charge in [-0.1, -0.05) is 24.3 Å². The molecule has 0 spiro atoms. The van der Waals surface area contributed by atoms with Crippen LogP contribution in [0.4, 0.5) is 0 Å². The molecule has 0 aliphatic heterocycles. The fourth-order valence-electron chi connectivity index (χ4n) is 2.01. The number of carbonyl (C=O) groups is 2. The summed E-state index contributed by atoms with van der Waals surface area (Å²) in [7, 11) is 0. The molecule has 1 aromatic heterocycles. The molecule has 5 heteroatoms. The predicted octanol–water partition coefficient (Wildman–Crippen LogP) is 4.27. The van der Waals surface area contributed by atoms with Gasteiger partial charge in [0, 0.05) is 16.7 Å². The van der Waals surface area contributed by atoms with E-state index in [1.54, 1.807) is 36.4 Å². The number of fused-ring (bicyclic) bond motifs is 1. The minimum absolute atomic E-state index is 0.162. The largest absolute Gasteiger partial charge is 0.442 e. The summed E-state index contributed by atoms with van der Waals surface area (Å²) in [5.74, 6) is -0.491. The van der Waals surface area contributed by atoms with Crippen molar-refractivity contribution in [2.45, 2.75) is 0 Å². The maximum Gasteiger partial charge on any atom is 0.197 e. The van der Waals surface area contributed by atoms with Gasteiger partial charge in [-0.25, -0.2) is 0 Å². The molecule has 1 heterocycles. The standard InChI is InChI=1S/C14H6Br2O3/c15-11-6-7(14(16)19-11)5-10-12(17)8-3-1-2-4-9(8)13(10)18/h1-6H. The number of allylic oxidation sites excluding steroid dienone is 1. The van der Waals surface area contributed by atoms with Crippen LogP contribution in [0.25, 0.3) is 6.08 Å². The molecule has 3 nitrogen and oxygen atoms in total. The van der Waals surface area contributed by atoms with Crippen molar-refractivity contribution in [2.75, 3.05) is 0 Å². The third-order valence-corrected chi connectivity index (χ3v) is 3.90. The summed E-state index contributed by atoms with van der Waals surface area (Å²) in [6.07, 6.45) is 1.54. The number of carbonyl (C=O) groups excluding carboxylic acids is 2. The van der Waals surface area contributed by atoms with E-state index in [1.165, 1.54) is 0 Å². The molecule has 0 saturated carbocycles. The Labute approximate surface area is 125 Å². The summed E-state index contributed by atoms with van der Waals surface area (Å²) in [6.45, 7) is 0. The van der Waals surface area contributed by atoms with Crippen LogP contribution in [0.1, 0.15) is 26.3 Å². The second-order valence-electron chi connectivity index (χ2n) is 4.04. The number of hydrogen-bond acceptors (Lipinski definition) is 3. The van der Waals surface area contributed by atoms with Crippen molar-refractivity contribution in [2.24, 2.45) is 0 Å². The van der Waals surface area contributed by atoms with Crippen molar-refractivity contribution < 1.29 is 14.0 Å². The summed E-state index contributed by atoms with van der Waals surface area (Å²) in [5.41, 5.74) is 1.72. The first-order valence-electron chi connectivity index (χ1n) is 5.43. The van der Waals surface area contributed by atoms with Crippen LogP contribution < -0.4 is 0 Å². The van der Waals surface area contributed by atoms with E-state index in [0.29, 0.717) is 26.0 Å². The van der Waals surface area contributed by atoms with E-state index in [2.05, 4.69) is 31.9 Å². The molecule has 2 aromatic rings. The first-order chi connectivity index (χ1) is 9.08. The van der Waals surface area contributed by atoms with E-state index >= 15 is 0 Å². The number of benzene rings is 1. The second kappa shape index (κ2) is 4.58. The highest BCUT2D eigenvalue weighted by Crippen LogP contribution is 2.31. The van der Waals surface area contributed by atoms with Crippen LogP contribution in [0.15, 0.2) is 49.7 Å². The molecule has 0 fully saturated rings. The molecule has 0 bridgehead atoms. The third-order valence-electron chi connectivity index (χ3n) is 2.89. The van der Waals surface area contributed by atoms with E-state index in [9.17, 15) is 9.59 Å². The smallest absolute Gasteiger partial charge is 0.197 e. The SMILES string of the molecule is O=C1C(=Cc2cc(Br)oc2Br)C(=O)c2ccccc21. The summed E-state index contributed by atoms with van der Waals surface area (Å²) < 4.78 is 6.24. The van der Waals surface area contributed by atoms with Gasteiger partial charge in [0.2, 0.25) is 0 Å². The minimum atomic E-state index is -0.246. The highest BCUT2D eigenvalue weighted by Gasteiger charge is 2.32.